The van der Waals surface area contributed by atoms with Crippen LogP contribution in [0.15, 0.2) is 291 Å². The second-order valence-corrected chi connectivity index (χ2v) is 18.8. The fourth-order valence-corrected chi connectivity index (χ4v) is 11.2. The standard InChI is InChI=1S/C71H48N2/c1-7-21-49(22-8-1)51-35-39-53(40-36-51)67-48-68(73-70(72-67)56-27-13-4-14-28-56)54-41-37-52(38-42-54)62-46-58(50-23-9-2-10-24-50)47-63(69(62)55-25-11-3-12-26-55)57-43-44-66-64(45-57)61-33-19-20-34-65(61)71(66,59-29-15-5-16-30-59)60-31-17-6-18-32-60/h1-48H. The van der Waals surface area contributed by atoms with Gasteiger partial charge in [-0.05, 0) is 113 Å². The van der Waals surface area contributed by atoms with Crippen molar-refractivity contribution in [2.24, 2.45) is 0 Å². The monoisotopic (exact) mass is 928 g/mol. The van der Waals surface area contributed by atoms with Crippen LogP contribution >= 0.6 is 0 Å². The Labute approximate surface area is 427 Å². The van der Waals surface area contributed by atoms with E-state index in [-0.39, 0.29) is 0 Å². The van der Waals surface area contributed by atoms with Crippen LogP contribution in [0.3, 0.4) is 0 Å². The SMILES string of the molecule is c1ccc(-c2ccc(-c3cc(-c4ccc(-c5cc(-c6ccccc6)cc(-c6ccc7c(c6)-c6ccccc6C7(c6ccccc6)c6ccccc6)c5-c5ccccc5)cc4)nc(-c4ccccc4)n3)cc2)cc1. The first-order chi connectivity index (χ1) is 36.2. The third-order valence-electron chi connectivity index (χ3n) is 14.6. The minimum absolute atomic E-state index is 0.479. The van der Waals surface area contributed by atoms with Gasteiger partial charge >= 0.3 is 0 Å². The molecule has 1 aliphatic rings. The van der Waals surface area contributed by atoms with E-state index in [0.717, 1.165) is 50.3 Å². The van der Waals surface area contributed by atoms with Gasteiger partial charge in [0.2, 0.25) is 0 Å². The summed E-state index contributed by atoms with van der Waals surface area (Å²) in [6.45, 7) is 0. The highest BCUT2D eigenvalue weighted by atomic mass is 14.9. The average molecular weight is 929 g/mol. The van der Waals surface area contributed by atoms with Gasteiger partial charge in [-0.2, -0.15) is 0 Å². The molecule has 0 N–H and O–H groups in total. The summed E-state index contributed by atoms with van der Waals surface area (Å²) in [5, 5.41) is 0. The predicted molar refractivity (Wildman–Crippen MR) is 303 cm³/mol. The lowest BCUT2D eigenvalue weighted by atomic mass is 9.67. The molecule has 1 aliphatic carbocycles. The van der Waals surface area contributed by atoms with Crippen LogP contribution in [0.25, 0.3) is 101 Å². The zero-order valence-electron chi connectivity index (χ0n) is 40.1. The second-order valence-electron chi connectivity index (χ2n) is 18.8. The number of fused-ring (bicyclic) bond motifs is 3. The summed E-state index contributed by atoms with van der Waals surface area (Å²) in [5.41, 5.74) is 23.6. The van der Waals surface area contributed by atoms with Crippen LogP contribution in [0.2, 0.25) is 0 Å². The summed E-state index contributed by atoms with van der Waals surface area (Å²) in [6, 6.07) is 105. The average Bonchev–Trinajstić information content (AvgIpc) is 3.79. The lowest BCUT2D eigenvalue weighted by Crippen LogP contribution is -2.28. The Hall–Kier alpha value is -9.50. The number of hydrogen-bond acceptors (Lipinski definition) is 2. The fraction of sp³-hybridized carbons (Fsp3) is 0.0141. The van der Waals surface area contributed by atoms with E-state index in [1.807, 2.05) is 18.2 Å². The molecule has 13 rings (SSSR count). The molecule has 0 radical (unpaired) electrons. The molecular formula is C71H48N2. The van der Waals surface area contributed by atoms with Crippen molar-refractivity contribution in [1.29, 1.82) is 0 Å². The Morgan fingerprint density at radius 1 is 0.219 bits per heavy atom. The highest BCUT2D eigenvalue weighted by Gasteiger charge is 2.46. The van der Waals surface area contributed by atoms with Gasteiger partial charge in [-0.25, -0.2) is 9.97 Å². The van der Waals surface area contributed by atoms with Crippen LogP contribution in [0, 0.1) is 0 Å². The first kappa shape index (κ1) is 43.5. The molecule has 0 spiro atoms. The lowest BCUT2D eigenvalue weighted by Gasteiger charge is -2.34. The van der Waals surface area contributed by atoms with Gasteiger partial charge in [-0.15, -0.1) is 0 Å². The van der Waals surface area contributed by atoms with E-state index in [9.17, 15) is 0 Å². The highest BCUT2D eigenvalue weighted by Crippen LogP contribution is 2.57. The molecule has 73 heavy (non-hydrogen) atoms. The molecule has 0 saturated carbocycles. The number of aromatic nitrogens is 2. The molecule has 1 aromatic heterocycles. The van der Waals surface area contributed by atoms with E-state index in [1.165, 1.54) is 66.8 Å². The molecule has 0 bridgehead atoms. The molecule has 0 atom stereocenters. The van der Waals surface area contributed by atoms with Gasteiger partial charge in [0.25, 0.3) is 0 Å². The lowest BCUT2D eigenvalue weighted by molar-refractivity contribution is 0.768. The smallest absolute Gasteiger partial charge is 0.160 e. The molecule has 11 aromatic carbocycles. The van der Waals surface area contributed by atoms with E-state index < -0.39 is 5.41 Å². The first-order valence-corrected chi connectivity index (χ1v) is 25.0. The van der Waals surface area contributed by atoms with Crippen molar-refractivity contribution in [1.82, 2.24) is 9.97 Å². The van der Waals surface area contributed by atoms with E-state index in [2.05, 4.69) is 273 Å². The maximum Gasteiger partial charge on any atom is 0.160 e. The maximum absolute atomic E-state index is 5.22. The molecule has 2 heteroatoms. The molecule has 1 heterocycles. The predicted octanol–water partition coefficient (Wildman–Crippen LogP) is 18.2. The molecule has 0 fully saturated rings. The van der Waals surface area contributed by atoms with E-state index in [1.54, 1.807) is 0 Å². The third-order valence-corrected chi connectivity index (χ3v) is 14.6. The van der Waals surface area contributed by atoms with Gasteiger partial charge in [0.05, 0.1) is 16.8 Å². The minimum Gasteiger partial charge on any atom is -0.228 e. The van der Waals surface area contributed by atoms with Gasteiger partial charge in [-0.3, -0.25) is 0 Å². The topological polar surface area (TPSA) is 25.8 Å². The summed E-state index contributed by atoms with van der Waals surface area (Å²) in [5.74, 6) is 0.692. The summed E-state index contributed by atoms with van der Waals surface area (Å²) in [6.07, 6.45) is 0. The number of benzene rings is 11. The minimum atomic E-state index is -0.479. The molecule has 12 aromatic rings. The van der Waals surface area contributed by atoms with E-state index >= 15 is 0 Å². The van der Waals surface area contributed by atoms with Crippen molar-refractivity contribution in [3.05, 3.63) is 313 Å². The Morgan fingerprint density at radius 3 is 1.14 bits per heavy atom. The summed E-state index contributed by atoms with van der Waals surface area (Å²) in [7, 11) is 0. The zero-order valence-corrected chi connectivity index (χ0v) is 40.1. The molecular weight excluding hydrogens is 881 g/mol. The van der Waals surface area contributed by atoms with Gasteiger partial charge in [0.15, 0.2) is 5.82 Å². The van der Waals surface area contributed by atoms with Crippen molar-refractivity contribution >= 4 is 0 Å². The van der Waals surface area contributed by atoms with Crippen LogP contribution in [-0.4, -0.2) is 9.97 Å². The molecule has 2 nitrogen and oxygen atoms in total. The van der Waals surface area contributed by atoms with Crippen LogP contribution in [0.4, 0.5) is 0 Å². The van der Waals surface area contributed by atoms with E-state index in [4.69, 9.17) is 9.97 Å². The van der Waals surface area contributed by atoms with Gasteiger partial charge < -0.3 is 0 Å². The fourth-order valence-electron chi connectivity index (χ4n) is 11.2. The first-order valence-electron chi connectivity index (χ1n) is 25.0. The van der Waals surface area contributed by atoms with Gasteiger partial charge in [0, 0.05) is 16.7 Å². The Kier molecular flexibility index (Phi) is 11.1. The van der Waals surface area contributed by atoms with Crippen molar-refractivity contribution in [2.45, 2.75) is 5.41 Å². The molecule has 0 amide bonds. The Balaban J connectivity index is 0.978. The maximum atomic E-state index is 5.22. The van der Waals surface area contributed by atoms with Crippen LogP contribution < -0.4 is 0 Å². The molecule has 0 aliphatic heterocycles. The van der Waals surface area contributed by atoms with Crippen molar-refractivity contribution in [3.8, 4) is 101 Å². The van der Waals surface area contributed by atoms with Crippen molar-refractivity contribution in [2.75, 3.05) is 0 Å². The Bertz CT molecular complexity index is 3850. The Morgan fingerprint density at radius 2 is 0.589 bits per heavy atom. The van der Waals surface area contributed by atoms with Crippen LogP contribution in [0.1, 0.15) is 22.3 Å². The summed E-state index contributed by atoms with van der Waals surface area (Å²) in [4.78, 5) is 10.4. The molecule has 0 unspecified atom stereocenters. The van der Waals surface area contributed by atoms with Crippen LogP contribution in [0.5, 0.6) is 0 Å². The normalized spacial score (nSPS) is 12.2. The largest absolute Gasteiger partial charge is 0.228 e. The van der Waals surface area contributed by atoms with Gasteiger partial charge in [0.1, 0.15) is 0 Å². The summed E-state index contributed by atoms with van der Waals surface area (Å²) < 4.78 is 0. The van der Waals surface area contributed by atoms with Gasteiger partial charge in [-0.1, -0.05) is 267 Å². The van der Waals surface area contributed by atoms with E-state index in [0.29, 0.717) is 5.82 Å². The number of hydrogen-bond donors (Lipinski definition) is 0. The number of rotatable bonds is 10. The van der Waals surface area contributed by atoms with Crippen molar-refractivity contribution < 1.29 is 0 Å². The quantitative estimate of drug-likeness (QED) is 0.137. The number of nitrogens with zero attached hydrogens (tertiary/aromatic N) is 2. The van der Waals surface area contributed by atoms with Crippen LogP contribution in [-0.2, 0) is 5.41 Å². The summed E-state index contributed by atoms with van der Waals surface area (Å²) >= 11 is 0. The molecule has 342 valence electrons. The third kappa shape index (κ3) is 7.87. The highest BCUT2D eigenvalue weighted by molar-refractivity contribution is 5.99. The molecule has 0 saturated heterocycles. The van der Waals surface area contributed by atoms with Crippen molar-refractivity contribution in [3.63, 3.8) is 0 Å². The second kappa shape index (κ2) is 18.7. The zero-order chi connectivity index (χ0) is 48.6.